The van der Waals surface area contributed by atoms with E-state index in [1.807, 2.05) is 48.5 Å². The topological polar surface area (TPSA) is 88.4 Å². The molecule has 0 amide bonds. The van der Waals surface area contributed by atoms with Gasteiger partial charge in [-0.1, -0.05) is 53.3 Å². The van der Waals surface area contributed by atoms with Gasteiger partial charge < -0.3 is 18.9 Å². The molecule has 0 N–H and O–H groups in total. The number of benzene rings is 3. The molecule has 2 heterocycles. The number of esters is 1. The van der Waals surface area contributed by atoms with E-state index in [2.05, 4.69) is 4.99 Å². The SMILES string of the molecule is CCOC(=O)C1=C(C)N=c2s/c(=C\c3cccc(OCc4ccccc4Cl)c3)c(=O)n2[C@@H]1c1ccc(OC)cc1OC. The number of halogens is 1. The maximum Gasteiger partial charge on any atom is 0.338 e. The zero-order valence-electron chi connectivity index (χ0n) is 23.5. The highest BCUT2D eigenvalue weighted by molar-refractivity contribution is 7.07. The molecule has 0 saturated carbocycles. The van der Waals surface area contributed by atoms with E-state index < -0.39 is 12.0 Å². The van der Waals surface area contributed by atoms with Crippen LogP contribution < -0.4 is 29.1 Å². The third kappa shape index (κ3) is 5.84. The average molecular weight is 605 g/mol. The fourth-order valence-electron chi connectivity index (χ4n) is 4.75. The summed E-state index contributed by atoms with van der Waals surface area (Å²) in [5.41, 5.74) is 2.71. The molecule has 1 aliphatic rings. The van der Waals surface area contributed by atoms with Crippen molar-refractivity contribution in [2.45, 2.75) is 26.5 Å². The van der Waals surface area contributed by atoms with E-state index in [-0.39, 0.29) is 17.7 Å². The Morgan fingerprint density at radius 2 is 1.86 bits per heavy atom. The number of rotatable bonds is 9. The van der Waals surface area contributed by atoms with E-state index in [0.29, 0.717) is 49.5 Å². The molecular formula is C32H29ClN2O6S. The fraction of sp³-hybridized carbons (Fsp3) is 0.219. The second-order valence-corrected chi connectivity index (χ2v) is 10.8. The number of carbonyl (C=O) groups is 1. The summed E-state index contributed by atoms with van der Waals surface area (Å²) in [5.74, 6) is 1.14. The lowest BCUT2D eigenvalue weighted by Crippen LogP contribution is -2.40. The predicted octanol–water partition coefficient (Wildman–Crippen LogP) is 5.05. The Morgan fingerprint density at radius 3 is 2.60 bits per heavy atom. The van der Waals surface area contributed by atoms with Crippen molar-refractivity contribution in [1.82, 2.24) is 4.57 Å². The third-order valence-corrected chi connectivity index (χ3v) is 8.11. The van der Waals surface area contributed by atoms with Crippen molar-refractivity contribution in [3.63, 3.8) is 0 Å². The monoisotopic (exact) mass is 604 g/mol. The van der Waals surface area contributed by atoms with E-state index in [1.54, 1.807) is 45.2 Å². The van der Waals surface area contributed by atoms with Gasteiger partial charge in [0, 0.05) is 22.2 Å². The smallest absolute Gasteiger partial charge is 0.338 e. The van der Waals surface area contributed by atoms with Crippen molar-refractivity contribution < 1.29 is 23.7 Å². The molecule has 0 saturated heterocycles. The van der Waals surface area contributed by atoms with Crippen LogP contribution in [0.5, 0.6) is 17.2 Å². The Labute approximate surface area is 251 Å². The number of fused-ring (bicyclic) bond motifs is 1. The van der Waals surface area contributed by atoms with Gasteiger partial charge in [-0.3, -0.25) is 9.36 Å². The molecular weight excluding hydrogens is 576 g/mol. The number of methoxy groups -OCH3 is 2. The van der Waals surface area contributed by atoms with Crippen molar-refractivity contribution >= 4 is 35.0 Å². The molecule has 0 bridgehead atoms. The first kappa shape index (κ1) is 29.2. The minimum atomic E-state index is -0.811. The van der Waals surface area contributed by atoms with Gasteiger partial charge >= 0.3 is 5.97 Å². The number of nitrogens with zero attached hydrogens (tertiary/aromatic N) is 2. The van der Waals surface area contributed by atoms with Crippen LogP contribution in [0.2, 0.25) is 5.02 Å². The molecule has 0 aliphatic carbocycles. The molecule has 42 heavy (non-hydrogen) atoms. The number of hydrogen-bond donors (Lipinski definition) is 0. The lowest BCUT2D eigenvalue weighted by atomic mass is 9.95. The highest BCUT2D eigenvalue weighted by atomic mass is 35.5. The molecule has 0 fully saturated rings. The number of hydrogen-bond acceptors (Lipinski definition) is 8. The maximum absolute atomic E-state index is 14.0. The molecule has 216 valence electrons. The van der Waals surface area contributed by atoms with Crippen LogP contribution in [0.3, 0.4) is 0 Å². The van der Waals surface area contributed by atoms with E-state index in [0.717, 1.165) is 11.1 Å². The summed E-state index contributed by atoms with van der Waals surface area (Å²) in [4.78, 5) is 32.3. The largest absolute Gasteiger partial charge is 0.497 e. The van der Waals surface area contributed by atoms with Gasteiger partial charge in [0.2, 0.25) is 0 Å². The van der Waals surface area contributed by atoms with Crippen molar-refractivity contribution in [2.24, 2.45) is 4.99 Å². The molecule has 1 aromatic heterocycles. The summed E-state index contributed by atoms with van der Waals surface area (Å²) in [6, 6.07) is 19.4. The number of ether oxygens (including phenoxy) is 4. The van der Waals surface area contributed by atoms with Gasteiger partial charge in [-0.15, -0.1) is 0 Å². The van der Waals surface area contributed by atoms with Crippen LogP contribution >= 0.6 is 22.9 Å². The van der Waals surface area contributed by atoms with Crippen LogP contribution in [0.1, 0.15) is 36.6 Å². The quantitative estimate of drug-likeness (QED) is 0.249. The number of thiazole rings is 1. The highest BCUT2D eigenvalue weighted by Crippen LogP contribution is 2.37. The van der Waals surface area contributed by atoms with Gasteiger partial charge in [0.05, 0.1) is 36.6 Å². The van der Waals surface area contributed by atoms with Gasteiger partial charge in [0.1, 0.15) is 29.9 Å². The van der Waals surface area contributed by atoms with Gasteiger partial charge in [-0.2, -0.15) is 0 Å². The first-order valence-electron chi connectivity index (χ1n) is 13.2. The number of aromatic nitrogens is 1. The van der Waals surface area contributed by atoms with Gasteiger partial charge in [-0.05, 0) is 55.8 Å². The third-order valence-electron chi connectivity index (χ3n) is 6.76. The lowest BCUT2D eigenvalue weighted by Gasteiger charge is -2.26. The second kappa shape index (κ2) is 12.7. The number of allylic oxidation sites excluding steroid dienone is 1. The maximum atomic E-state index is 14.0. The van der Waals surface area contributed by atoms with Crippen LogP contribution in [0.25, 0.3) is 6.08 Å². The van der Waals surface area contributed by atoms with Crippen molar-refractivity contribution in [3.8, 4) is 17.2 Å². The molecule has 0 unspecified atom stereocenters. The van der Waals surface area contributed by atoms with Crippen LogP contribution in [0.4, 0.5) is 0 Å². The van der Waals surface area contributed by atoms with Crippen molar-refractivity contribution in [2.75, 3.05) is 20.8 Å². The molecule has 1 atom stereocenters. The van der Waals surface area contributed by atoms with Crippen molar-refractivity contribution in [3.05, 3.63) is 119 Å². The Morgan fingerprint density at radius 1 is 1.05 bits per heavy atom. The van der Waals surface area contributed by atoms with Crippen LogP contribution in [-0.2, 0) is 16.1 Å². The number of carbonyl (C=O) groups excluding carboxylic acids is 1. The van der Waals surface area contributed by atoms with Crippen LogP contribution in [0.15, 0.2) is 87.8 Å². The molecule has 10 heteroatoms. The molecule has 5 rings (SSSR count). The molecule has 4 aromatic rings. The molecule has 0 spiro atoms. The fourth-order valence-corrected chi connectivity index (χ4v) is 5.99. The Kier molecular flexibility index (Phi) is 8.80. The average Bonchev–Trinajstić information content (AvgIpc) is 3.29. The summed E-state index contributed by atoms with van der Waals surface area (Å²) in [6.45, 7) is 3.97. The van der Waals surface area contributed by atoms with Crippen LogP contribution in [0, 0.1) is 0 Å². The standard InChI is InChI=1S/C32H29ClN2O6S/c1-5-40-31(37)28-19(2)34-32-35(29(28)24-14-13-22(38-3)17-26(24)39-4)30(36)27(42-32)16-20-9-8-11-23(15-20)41-18-21-10-6-7-12-25(21)33/h6-17,29H,5,18H2,1-4H3/b27-16-/t29-/m1/s1. The van der Waals surface area contributed by atoms with E-state index in [4.69, 9.17) is 30.5 Å². The minimum Gasteiger partial charge on any atom is -0.497 e. The van der Waals surface area contributed by atoms with E-state index in [9.17, 15) is 9.59 Å². The van der Waals surface area contributed by atoms with Gasteiger partial charge in [0.25, 0.3) is 5.56 Å². The van der Waals surface area contributed by atoms with Crippen molar-refractivity contribution in [1.29, 1.82) is 0 Å². The van der Waals surface area contributed by atoms with Gasteiger partial charge in [-0.25, -0.2) is 9.79 Å². The zero-order valence-corrected chi connectivity index (χ0v) is 25.1. The minimum absolute atomic E-state index is 0.182. The summed E-state index contributed by atoms with van der Waals surface area (Å²) in [6.07, 6.45) is 1.79. The highest BCUT2D eigenvalue weighted by Gasteiger charge is 2.35. The lowest BCUT2D eigenvalue weighted by molar-refractivity contribution is -0.139. The first-order chi connectivity index (χ1) is 20.3. The van der Waals surface area contributed by atoms with Crippen LogP contribution in [-0.4, -0.2) is 31.4 Å². The molecule has 0 radical (unpaired) electrons. The van der Waals surface area contributed by atoms with E-state index >= 15 is 0 Å². The molecule has 3 aromatic carbocycles. The van der Waals surface area contributed by atoms with E-state index in [1.165, 1.54) is 23.0 Å². The summed E-state index contributed by atoms with van der Waals surface area (Å²) in [5, 5.41) is 0.635. The predicted molar refractivity (Wildman–Crippen MR) is 162 cm³/mol. The summed E-state index contributed by atoms with van der Waals surface area (Å²) in [7, 11) is 3.09. The summed E-state index contributed by atoms with van der Waals surface area (Å²) >= 11 is 7.51. The zero-order chi connectivity index (χ0) is 29.8. The first-order valence-corrected chi connectivity index (χ1v) is 14.4. The summed E-state index contributed by atoms with van der Waals surface area (Å²) < 4.78 is 24.4. The molecule has 1 aliphatic heterocycles. The van der Waals surface area contributed by atoms with Gasteiger partial charge in [0.15, 0.2) is 4.80 Å². The normalized spacial score (nSPS) is 14.7. The Balaban J connectivity index is 1.59. The molecule has 8 nitrogen and oxygen atoms in total. The second-order valence-electron chi connectivity index (χ2n) is 9.36. The Bertz CT molecular complexity index is 1860. The Hall–Kier alpha value is -4.34.